The second kappa shape index (κ2) is 2.50. The highest BCUT2D eigenvalue weighted by Crippen LogP contribution is 2.15. The van der Waals surface area contributed by atoms with E-state index in [2.05, 4.69) is 0 Å². The molecule has 1 N–H and O–H groups in total. The van der Waals surface area contributed by atoms with E-state index in [0.717, 1.165) is 5.57 Å². The summed E-state index contributed by atoms with van der Waals surface area (Å²) in [6.45, 7) is 4.64. The van der Waals surface area contributed by atoms with Crippen molar-refractivity contribution in [2.24, 2.45) is 0 Å². The predicted octanol–water partition coefficient (Wildman–Crippen LogP) is 0.712. The molecule has 1 fully saturated rings. The van der Waals surface area contributed by atoms with Crippen molar-refractivity contribution in [3.8, 4) is 0 Å². The molecule has 0 unspecified atom stereocenters. The molecule has 0 aromatic heterocycles. The number of aliphatic hydroxyl groups excluding tert-OH is 1. The highest BCUT2D eigenvalue weighted by Gasteiger charge is 2.29. The number of hydrogen-bond acceptors (Lipinski definition) is 2. The van der Waals surface area contributed by atoms with Crippen LogP contribution in [0.5, 0.6) is 0 Å². The fraction of sp³-hybridized carbons (Fsp3) is 0.714. The van der Waals surface area contributed by atoms with Gasteiger partial charge < -0.3 is 9.84 Å². The molecule has 1 rings (SSSR count). The van der Waals surface area contributed by atoms with E-state index in [-0.39, 0.29) is 12.2 Å². The molecule has 0 bridgehead atoms. The lowest BCUT2D eigenvalue weighted by Crippen LogP contribution is -2.10. The van der Waals surface area contributed by atoms with Crippen molar-refractivity contribution in [1.82, 2.24) is 0 Å². The number of allylic oxidation sites excluding steroid dienone is 1. The Hall–Kier alpha value is -0.340. The lowest BCUT2D eigenvalue weighted by Gasteiger charge is -1.98. The zero-order valence-corrected chi connectivity index (χ0v) is 5.79. The maximum Gasteiger partial charge on any atom is 0.110 e. The second-order valence-electron chi connectivity index (χ2n) is 2.61. The Bertz CT molecular complexity index is 121. The molecule has 1 aliphatic heterocycles. The third-order valence-electron chi connectivity index (χ3n) is 1.24. The van der Waals surface area contributed by atoms with Gasteiger partial charge in [-0.1, -0.05) is 11.6 Å². The van der Waals surface area contributed by atoms with Crippen LogP contribution in [0.15, 0.2) is 11.6 Å². The minimum atomic E-state index is -0.380. The van der Waals surface area contributed by atoms with Gasteiger partial charge in [-0.25, -0.2) is 0 Å². The highest BCUT2D eigenvalue weighted by molar-refractivity contribution is 5.02. The van der Waals surface area contributed by atoms with E-state index >= 15 is 0 Å². The Morgan fingerprint density at radius 3 is 2.67 bits per heavy atom. The average Bonchev–Trinajstić information content (AvgIpc) is 2.40. The maximum atomic E-state index is 9.16. The van der Waals surface area contributed by atoms with Gasteiger partial charge in [-0.2, -0.15) is 0 Å². The monoisotopic (exact) mass is 128 g/mol. The van der Waals surface area contributed by atoms with Gasteiger partial charge in [0.15, 0.2) is 0 Å². The Balaban J connectivity index is 2.33. The standard InChI is InChI=1S/C7H12O2/c1-5(2)3-6(8)7-4-9-7/h3,6-8H,4H2,1-2H3/t6-,7+/m0/s1. The molecule has 1 heterocycles. The van der Waals surface area contributed by atoms with Crippen molar-refractivity contribution in [3.63, 3.8) is 0 Å². The quantitative estimate of drug-likeness (QED) is 0.439. The summed E-state index contributed by atoms with van der Waals surface area (Å²) < 4.78 is 4.88. The van der Waals surface area contributed by atoms with Crippen LogP contribution in [0.3, 0.4) is 0 Å². The minimum Gasteiger partial charge on any atom is -0.386 e. The molecule has 0 spiro atoms. The molecular formula is C7H12O2. The smallest absolute Gasteiger partial charge is 0.110 e. The molecule has 2 nitrogen and oxygen atoms in total. The zero-order valence-electron chi connectivity index (χ0n) is 5.79. The molecule has 9 heavy (non-hydrogen) atoms. The SMILES string of the molecule is CC(C)=C[C@H](O)[C@H]1CO1. The fourth-order valence-corrected chi connectivity index (χ4v) is 0.702. The van der Waals surface area contributed by atoms with E-state index in [1.165, 1.54) is 0 Å². The van der Waals surface area contributed by atoms with Crippen molar-refractivity contribution in [3.05, 3.63) is 11.6 Å². The fourth-order valence-electron chi connectivity index (χ4n) is 0.702. The predicted molar refractivity (Wildman–Crippen MR) is 35.2 cm³/mol. The number of hydrogen-bond donors (Lipinski definition) is 1. The van der Waals surface area contributed by atoms with Crippen LogP contribution in [0.25, 0.3) is 0 Å². The molecule has 2 heteroatoms. The summed E-state index contributed by atoms with van der Waals surface area (Å²) in [5.74, 6) is 0. The van der Waals surface area contributed by atoms with E-state index in [1.807, 2.05) is 19.9 Å². The molecule has 52 valence electrons. The van der Waals surface area contributed by atoms with E-state index in [9.17, 15) is 0 Å². The molecule has 1 saturated heterocycles. The maximum absolute atomic E-state index is 9.16. The van der Waals surface area contributed by atoms with E-state index in [0.29, 0.717) is 6.61 Å². The van der Waals surface area contributed by atoms with Crippen LogP contribution < -0.4 is 0 Å². The first kappa shape index (κ1) is 6.78. The van der Waals surface area contributed by atoms with Crippen molar-refractivity contribution >= 4 is 0 Å². The largest absolute Gasteiger partial charge is 0.386 e. The van der Waals surface area contributed by atoms with E-state index in [1.54, 1.807) is 0 Å². The van der Waals surface area contributed by atoms with Gasteiger partial charge in [-0.3, -0.25) is 0 Å². The Morgan fingerprint density at radius 1 is 1.78 bits per heavy atom. The molecule has 0 saturated carbocycles. The van der Waals surface area contributed by atoms with Gasteiger partial charge in [0.05, 0.1) is 6.61 Å². The topological polar surface area (TPSA) is 32.8 Å². The normalized spacial score (nSPS) is 27.2. The van der Waals surface area contributed by atoms with Gasteiger partial charge in [0, 0.05) is 0 Å². The number of epoxide rings is 1. The number of ether oxygens (including phenoxy) is 1. The van der Waals surface area contributed by atoms with Crippen LogP contribution >= 0.6 is 0 Å². The Kier molecular flexibility index (Phi) is 1.88. The molecule has 0 aromatic rings. The minimum absolute atomic E-state index is 0.0832. The van der Waals surface area contributed by atoms with Crippen LogP contribution in [-0.2, 0) is 4.74 Å². The summed E-state index contributed by atoms with van der Waals surface area (Å²) in [6.07, 6.45) is 1.52. The van der Waals surface area contributed by atoms with Crippen molar-refractivity contribution in [2.45, 2.75) is 26.1 Å². The molecule has 0 radical (unpaired) electrons. The summed E-state index contributed by atoms with van der Waals surface area (Å²) in [5.41, 5.74) is 1.14. The van der Waals surface area contributed by atoms with E-state index < -0.39 is 0 Å². The van der Waals surface area contributed by atoms with E-state index in [4.69, 9.17) is 9.84 Å². The molecule has 1 aliphatic rings. The molecule has 0 amide bonds. The Morgan fingerprint density at radius 2 is 2.33 bits per heavy atom. The summed E-state index contributed by atoms with van der Waals surface area (Å²) in [7, 11) is 0. The molecular weight excluding hydrogens is 116 g/mol. The summed E-state index contributed by atoms with van der Waals surface area (Å²) in [5, 5.41) is 9.16. The van der Waals surface area contributed by atoms with Crippen LogP contribution in [0, 0.1) is 0 Å². The number of aliphatic hydroxyl groups is 1. The van der Waals surface area contributed by atoms with Crippen molar-refractivity contribution < 1.29 is 9.84 Å². The summed E-state index contributed by atoms with van der Waals surface area (Å²) in [6, 6.07) is 0. The van der Waals surface area contributed by atoms with Crippen LogP contribution in [0.1, 0.15) is 13.8 Å². The van der Waals surface area contributed by atoms with Gasteiger partial charge >= 0.3 is 0 Å². The van der Waals surface area contributed by atoms with Gasteiger partial charge in [-0.15, -0.1) is 0 Å². The van der Waals surface area contributed by atoms with Gasteiger partial charge in [0.1, 0.15) is 12.2 Å². The third kappa shape index (κ3) is 2.16. The molecule has 0 aromatic carbocycles. The van der Waals surface area contributed by atoms with Gasteiger partial charge in [0.2, 0.25) is 0 Å². The first-order valence-electron chi connectivity index (χ1n) is 3.15. The van der Waals surface area contributed by atoms with Gasteiger partial charge in [-0.05, 0) is 13.8 Å². The van der Waals surface area contributed by atoms with Crippen molar-refractivity contribution in [2.75, 3.05) is 6.61 Å². The van der Waals surface area contributed by atoms with Crippen molar-refractivity contribution in [1.29, 1.82) is 0 Å². The lowest BCUT2D eigenvalue weighted by molar-refractivity contribution is 0.177. The number of rotatable bonds is 2. The van der Waals surface area contributed by atoms with Crippen LogP contribution in [0.4, 0.5) is 0 Å². The summed E-state index contributed by atoms with van der Waals surface area (Å²) >= 11 is 0. The van der Waals surface area contributed by atoms with Gasteiger partial charge in [0.25, 0.3) is 0 Å². The zero-order chi connectivity index (χ0) is 6.85. The van der Waals surface area contributed by atoms with Crippen LogP contribution in [0.2, 0.25) is 0 Å². The summed E-state index contributed by atoms with van der Waals surface area (Å²) in [4.78, 5) is 0. The highest BCUT2D eigenvalue weighted by atomic mass is 16.6. The first-order valence-corrected chi connectivity index (χ1v) is 3.15. The molecule has 2 atom stereocenters. The average molecular weight is 128 g/mol. The Labute approximate surface area is 55.1 Å². The lowest BCUT2D eigenvalue weighted by atomic mass is 10.2. The second-order valence-corrected chi connectivity index (χ2v) is 2.61. The third-order valence-corrected chi connectivity index (χ3v) is 1.24. The van der Waals surface area contributed by atoms with Crippen LogP contribution in [-0.4, -0.2) is 23.9 Å². The first-order chi connectivity index (χ1) is 4.20. The molecule has 0 aliphatic carbocycles.